The van der Waals surface area contributed by atoms with Gasteiger partial charge in [-0.2, -0.15) is 0 Å². The van der Waals surface area contributed by atoms with Crippen LogP contribution in [-0.2, 0) is 6.54 Å². The number of benzene rings is 4. The van der Waals surface area contributed by atoms with E-state index in [1.54, 1.807) is 12.1 Å². The predicted octanol–water partition coefficient (Wildman–Crippen LogP) is 6.92. The number of rotatable bonds is 4. The average molecular weight is 445 g/mol. The van der Waals surface area contributed by atoms with E-state index in [9.17, 15) is 4.79 Å². The third kappa shape index (κ3) is 3.36. The molecule has 31 heavy (non-hydrogen) atoms. The molecule has 5 heteroatoms. The number of fused-ring (bicyclic) bond motifs is 3. The maximum atomic E-state index is 12.2. The topological polar surface area (TPSA) is 48.0 Å². The summed E-state index contributed by atoms with van der Waals surface area (Å²) in [6.07, 6.45) is 0. The molecule has 0 aliphatic rings. The second-order valence-electron chi connectivity index (χ2n) is 7.46. The van der Waals surface area contributed by atoms with Gasteiger partial charge in [0.2, 0.25) is 5.91 Å². The summed E-state index contributed by atoms with van der Waals surface area (Å²) < 4.78 is 2.17. The monoisotopic (exact) mass is 444 g/mol. The first kappa shape index (κ1) is 19.7. The van der Waals surface area contributed by atoms with Crippen molar-refractivity contribution in [3.63, 3.8) is 0 Å². The Morgan fingerprint density at radius 1 is 0.806 bits per heavy atom. The van der Waals surface area contributed by atoms with E-state index in [1.165, 1.54) is 0 Å². The van der Waals surface area contributed by atoms with Gasteiger partial charge in [-0.25, -0.2) is 0 Å². The van der Waals surface area contributed by atoms with E-state index in [-0.39, 0.29) is 0 Å². The molecule has 3 nitrogen and oxygen atoms in total. The smallest absolute Gasteiger partial charge is 0.249 e. The van der Waals surface area contributed by atoms with Gasteiger partial charge in [0, 0.05) is 22.9 Å². The molecule has 0 fully saturated rings. The van der Waals surface area contributed by atoms with Crippen molar-refractivity contribution in [2.45, 2.75) is 6.54 Å². The number of primary amides is 1. The molecule has 2 N–H and O–H groups in total. The minimum absolute atomic E-state index is 0.447. The van der Waals surface area contributed by atoms with Crippen molar-refractivity contribution in [3.05, 3.63) is 106 Å². The molecule has 0 unspecified atom stereocenters. The second kappa shape index (κ2) is 7.77. The van der Waals surface area contributed by atoms with Gasteiger partial charge in [-0.3, -0.25) is 4.79 Å². The Morgan fingerprint density at radius 3 is 2.35 bits per heavy atom. The lowest BCUT2D eigenvalue weighted by Gasteiger charge is -2.11. The Morgan fingerprint density at radius 2 is 1.58 bits per heavy atom. The Hall–Kier alpha value is -3.27. The number of carbonyl (C=O) groups is 1. The van der Waals surface area contributed by atoms with Crippen molar-refractivity contribution in [1.29, 1.82) is 0 Å². The van der Waals surface area contributed by atoms with Crippen LogP contribution in [0.2, 0.25) is 10.0 Å². The highest BCUT2D eigenvalue weighted by molar-refractivity contribution is 6.42. The van der Waals surface area contributed by atoms with Crippen LogP contribution in [0, 0.1) is 0 Å². The molecule has 0 spiro atoms. The SMILES string of the molecule is NC(=O)c1cccc2c1c1ccc(-c3ccccc3)cc1n2Cc1cccc(Cl)c1Cl. The van der Waals surface area contributed by atoms with Crippen LogP contribution in [0.1, 0.15) is 15.9 Å². The van der Waals surface area contributed by atoms with E-state index in [2.05, 4.69) is 34.9 Å². The van der Waals surface area contributed by atoms with Crippen LogP contribution in [-0.4, -0.2) is 10.5 Å². The first-order valence-corrected chi connectivity index (χ1v) is 10.6. The molecule has 5 rings (SSSR count). The number of amides is 1. The van der Waals surface area contributed by atoms with Crippen molar-refractivity contribution in [3.8, 4) is 11.1 Å². The summed E-state index contributed by atoms with van der Waals surface area (Å²) in [7, 11) is 0. The maximum absolute atomic E-state index is 12.2. The summed E-state index contributed by atoms with van der Waals surface area (Å²) in [5.41, 5.74) is 11.3. The van der Waals surface area contributed by atoms with Crippen LogP contribution in [0.3, 0.4) is 0 Å². The van der Waals surface area contributed by atoms with Gasteiger partial charge < -0.3 is 10.3 Å². The molecule has 0 atom stereocenters. The zero-order valence-electron chi connectivity index (χ0n) is 16.5. The van der Waals surface area contributed by atoms with E-state index >= 15 is 0 Å². The molecule has 0 bridgehead atoms. The van der Waals surface area contributed by atoms with Crippen molar-refractivity contribution in [2.75, 3.05) is 0 Å². The molecule has 5 aromatic rings. The molecule has 152 valence electrons. The molecule has 1 amide bonds. The lowest BCUT2D eigenvalue weighted by Crippen LogP contribution is -2.11. The van der Waals surface area contributed by atoms with Gasteiger partial charge in [-0.05, 0) is 41.0 Å². The number of aromatic nitrogens is 1. The lowest BCUT2D eigenvalue weighted by molar-refractivity contribution is 0.100. The van der Waals surface area contributed by atoms with Crippen LogP contribution in [0.4, 0.5) is 0 Å². The third-order valence-electron chi connectivity index (χ3n) is 5.62. The van der Waals surface area contributed by atoms with Gasteiger partial charge >= 0.3 is 0 Å². The maximum Gasteiger partial charge on any atom is 0.249 e. The molecule has 0 aliphatic heterocycles. The Kier molecular flexibility index (Phi) is 4.93. The number of carbonyl (C=O) groups excluding carboxylic acids is 1. The fraction of sp³-hybridized carbons (Fsp3) is 0.0385. The summed E-state index contributed by atoms with van der Waals surface area (Å²) in [6.45, 7) is 0.514. The molecular weight excluding hydrogens is 427 g/mol. The minimum atomic E-state index is -0.447. The Balaban J connectivity index is 1.83. The number of nitrogens with two attached hydrogens (primary N) is 1. The average Bonchev–Trinajstić information content (AvgIpc) is 3.10. The lowest BCUT2D eigenvalue weighted by atomic mass is 10.0. The van der Waals surface area contributed by atoms with Gasteiger partial charge in [-0.1, -0.05) is 83.9 Å². The third-order valence-corrected chi connectivity index (χ3v) is 6.48. The van der Waals surface area contributed by atoms with Crippen LogP contribution in [0.5, 0.6) is 0 Å². The van der Waals surface area contributed by atoms with E-state index in [4.69, 9.17) is 28.9 Å². The normalized spacial score (nSPS) is 11.3. The number of hydrogen-bond acceptors (Lipinski definition) is 1. The van der Waals surface area contributed by atoms with Crippen LogP contribution < -0.4 is 5.73 Å². The van der Waals surface area contributed by atoms with Gasteiger partial charge in [0.05, 0.1) is 21.1 Å². The second-order valence-corrected chi connectivity index (χ2v) is 8.25. The van der Waals surface area contributed by atoms with E-state index < -0.39 is 5.91 Å². The summed E-state index contributed by atoms with van der Waals surface area (Å²) >= 11 is 12.8. The molecule has 1 aromatic heterocycles. The number of nitrogens with zero attached hydrogens (tertiary/aromatic N) is 1. The Bertz CT molecular complexity index is 1460. The summed E-state index contributed by atoms with van der Waals surface area (Å²) in [4.78, 5) is 12.2. The standard InChI is InChI=1S/C26H18Cl2N2O/c27-21-10-4-8-18(25(21)28)15-30-22-11-5-9-20(26(29)31)24(22)19-13-12-17(14-23(19)30)16-6-2-1-3-7-16/h1-14H,15H2,(H2,29,31). The zero-order chi connectivity index (χ0) is 21.5. The molecular formula is C26H18Cl2N2O. The molecule has 0 saturated heterocycles. The highest BCUT2D eigenvalue weighted by Crippen LogP contribution is 2.36. The van der Waals surface area contributed by atoms with Crippen molar-refractivity contribution >= 4 is 50.9 Å². The summed E-state index contributed by atoms with van der Waals surface area (Å²) in [6, 6.07) is 27.7. The van der Waals surface area contributed by atoms with Gasteiger partial charge in [0.25, 0.3) is 0 Å². The fourth-order valence-electron chi connectivity index (χ4n) is 4.17. The van der Waals surface area contributed by atoms with E-state index in [0.717, 1.165) is 38.5 Å². The number of halogens is 2. The van der Waals surface area contributed by atoms with Crippen LogP contribution >= 0.6 is 23.2 Å². The summed E-state index contributed by atoms with van der Waals surface area (Å²) in [5, 5.41) is 2.87. The van der Waals surface area contributed by atoms with E-state index in [1.807, 2.05) is 42.5 Å². The fourth-order valence-corrected chi connectivity index (χ4v) is 4.55. The molecule has 0 aliphatic carbocycles. The first-order valence-electron chi connectivity index (χ1n) is 9.87. The molecule has 0 radical (unpaired) electrons. The van der Waals surface area contributed by atoms with Crippen molar-refractivity contribution < 1.29 is 4.79 Å². The first-order chi connectivity index (χ1) is 15.0. The molecule has 1 heterocycles. The van der Waals surface area contributed by atoms with Gasteiger partial charge in [0.1, 0.15) is 0 Å². The predicted molar refractivity (Wildman–Crippen MR) is 129 cm³/mol. The quantitative estimate of drug-likeness (QED) is 0.321. The van der Waals surface area contributed by atoms with Crippen LogP contribution in [0.15, 0.2) is 84.9 Å². The van der Waals surface area contributed by atoms with Crippen molar-refractivity contribution in [2.24, 2.45) is 5.73 Å². The molecule has 0 saturated carbocycles. The van der Waals surface area contributed by atoms with Crippen LogP contribution in [0.25, 0.3) is 32.9 Å². The summed E-state index contributed by atoms with van der Waals surface area (Å²) in [5.74, 6) is -0.447. The zero-order valence-corrected chi connectivity index (χ0v) is 18.0. The molecule has 4 aromatic carbocycles. The largest absolute Gasteiger partial charge is 0.366 e. The van der Waals surface area contributed by atoms with E-state index in [0.29, 0.717) is 22.2 Å². The Labute approximate surface area is 189 Å². The highest BCUT2D eigenvalue weighted by atomic mass is 35.5. The highest BCUT2D eigenvalue weighted by Gasteiger charge is 2.18. The van der Waals surface area contributed by atoms with Crippen molar-refractivity contribution in [1.82, 2.24) is 4.57 Å². The van der Waals surface area contributed by atoms with Gasteiger partial charge in [0.15, 0.2) is 0 Å². The minimum Gasteiger partial charge on any atom is -0.366 e. The van der Waals surface area contributed by atoms with Gasteiger partial charge in [-0.15, -0.1) is 0 Å². The number of hydrogen-bond donors (Lipinski definition) is 1.